The van der Waals surface area contributed by atoms with Gasteiger partial charge in [0.15, 0.2) is 8.38 Å². The molecule has 0 saturated heterocycles. The van der Waals surface area contributed by atoms with Gasteiger partial charge in [0.05, 0.1) is 13.2 Å². The van der Waals surface area contributed by atoms with Crippen LogP contribution in [0.15, 0.2) is 0 Å². The molecule has 0 amide bonds. The number of hydrogen-bond donors (Lipinski definition) is 0. The molecule has 0 spiro atoms. The summed E-state index contributed by atoms with van der Waals surface area (Å²) in [4.78, 5) is 2.09. The molecule has 4 heteroatoms. The Morgan fingerprint density at radius 3 is 2.36 bits per heavy atom. The van der Waals surface area contributed by atoms with Crippen molar-refractivity contribution in [3.63, 3.8) is 0 Å². The Balaban J connectivity index is 3.10. The molecule has 3 nitrogen and oxygen atoms in total. The molecule has 0 aliphatic rings. The number of rotatable bonds is 6. The molecule has 68 valence electrons. The third kappa shape index (κ3) is 8.21. The van der Waals surface area contributed by atoms with Crippen LogP contribution in [0.25, 0.3) is 0 Å². The van der Waals surface area contributed by atoms with Gasteiger partial charge in [-0.05, 0) is 21.0 Å². The minimum absolute atomic E-state index is 0.638. The molecule has 0 bridgehead atoms. The van der Waals surface area contributed by atoms with Crippen LogP contribution in [0.3, 0.4) is 0 Å². The minimum Gasteiger partial charge on any atom is -0.335 e. The zero-order valence-electron chi connectivity index (χ0n) is 7.83. The van der Waals surface area contributed by atoms with Crippen molar-refractivity contribution in [3.8, 4) is 0 Å². The number of hydrogen-bond acceptors (Lipinski definition) is 3. The molecule has 1 atom stereocenters. The van der Waals surface area contributed by atoms with Gasteiger partial charge >= 0.3 is 0 Å². The summed E-state index contributed by atoms with van der Waals surface area (Å²) < 4.78 is 10.6. The third-order valence-electron chi connectivity index (χ3n) is 1.12. The average Bonchev–Trinajstić information content (AvgIpc) is 1.87. The van der Waals surface area contributed by atoms with E-state index in [-0.39, 0.29) is 0 Å². The summed E-state index contributed by atoms with van der Waals surface area (Å²) in [5.41, 5.74) is 0. The van der Waals surface area contributed by atoms with E-state index in [4.69, 9.17) is 9.05 Å². The van der Waals surface area contributed by atoms with Crippen LogP contribution in [0.2, 0.25) is 0 Å². The predicted molar refractivity (Wildman–Crippen MR) is 49.0 cm³/mol. The van der Waals surface area contributed by atoms with Gasteiger partial charge in [-0.3, -0.25) is 0 Å². The van der Waals surface area contributed by atoms with E-state index in [1.54, 1.807) is 0 Å². The second kappa shape index (κ2) is 6.99. The van der Waals surface area contributed by atoms with Gasteiger partial charge in [0.25, 0.3) is 0 Å². The third-order valence-corrected chi connectivity index (χ3v) is 2.29. The van der Waals surface area contributed by atoms with Crippen molar-refractivity contribution in [1.29, 1.82) is 0 Å². The van der Waals surface area contributed by atoms with Crippen molar-refractivity contribution < 1.29 is 9.05 Å². The molecule has 0 aromatic carbocycles. The fraction of sp³-hybridized carbons (Fsp3) is 1.00. The zero-order valence-corrected chi connectivity index (χ0v) is 8.73. The topological polar surface area (TPSA) is 21.7 Å². The second-order valence-electron chi connectivity index (χ2n) is 2.49. The lowest BCUT2D eigenvalue weighted by Crippen LogP contribution is -2.17. The first kappa shape index (κ1) is 11.3. The highest BCUT2D eigenvalue weighted by atomic mass is 31.2. The van der Waals surface area contributed by atoms with Crippen molar-refractivity contribution >= 4 is 8.38 Å². The second-order valence-corrected chi connectivity index (χ2v) is 3.89. The Morgan fingerprint density at radius 2 is 1.91 bits per heavy atom. The van der Waals surface area contributed by atoms with E-state index in [0.717, 1.165) is 19.8 Å². The average molecular weight is 179 g/mol. The van der Waals surface area contributed by atoms with Gasteiger partial charge in [0.1, 0.15) is 0 Å². The Bertz CT molecular complexity index is 90.5. The van der Waals surface area contributed by atoms with Gasteiger partial charge in [-0.15, -0.1) is 0 Å². The highest BCUT2D eigenvalue weighted by Crippen LogP contribution is 2.32. The highest BCUT2D eigenvalue weighted by Gasteiger charge is 2.00. The van der Waals surface area contributed by atoms with Crippen molar-refractivity contribution in [2.24, 2.45) is 0 Å². The summed E-state index contributed by atoms with van der Waals surface area (Å²) in [7, 11) is 3.42. The van der Waals surface area contributed by atoms with Gasteiger partial charge < -0.3 is 13.9 Å². The van der Waals surface area contributed by atoms with Crippen LogP contribution in [0.5, 0.6) is 0 Å². The maximum atomic E-state index is 5.39. The predicted octanol–water partition coefficient (Wildman–Crippen LogP) is 1.54. The van der Waals surface area contributed by atoms with E-state index in [1.165, 1.54) is 0 Å². The van der Waals surface area contributed by atoms with Crippen LogP contribution in [0, 0.1) is 0 Å². The normalized spacial score (nSPS) is 13.9. The molecule has 0 aromatic rings. The quantitative estimate of drug-likeness (QED) is 0.577. The summed E-state index contributed by atoms with van der Waals surface area (Å²) in [6.07, 6.45) is 0. The van der Waals surface area contributed by atoms with E-state index >= 15 is 0 Å². The van der Waals surface area contributed by atoms with Crippen LogP contribution in [-0.2, 0) is 9.05 Å². The van der Waals surface area contributed by atoms with Crippen LogP contribution in [0.1, 0.15) is 6.92 Å². The molecule has 0 aliphatic heterocycles. The van der Waals surface area contributed by atoms with Crippen molar-refractivity contribution in [2.45, 2.75) is 6.92 Å². The van der Waals surface area contributed by atoms with E-state index in [9.17, 15) is 0 Å². The Kier molecular flexibility index (Phi) is 7.18. The standard InChI is InChI=1S/C7H18NO2P/c1-5-9-11(4)10-7-6-8(2)3/h5-7H2,1-4H3. The smallest absolute Gasteiger partial charge is 0.167 e. The molecule has 0 aromatic heterocycles. The zero-order chi connectivity index (χ0) is 8.69. The molecule has 0 rings (SSSR count). The summed E-state index contributed by atoms with van der Waals surface area (Å²) >= 11 is 0. The van der Waals surface area contributed by atoms with Crippen molar-refractivity contribution in [2.75, 3.05) is 40.5 Å². The summed E-state index contributed by atoms with van der Waals surface area (Å²) in [6.45, 7) is 6.42. The van der Waals surface area contributed by atoms with Gasteiger partial charge in [0.2, 0.25) is 0 Å². The van der Waals surface area contributed by atoms with Crippen LogP contribution in [-0.4, -0.2) is 45.4 Å². The van der Waals surface area contributed by atoms with Crippen molar-refractivity contribution in [3.05, 3.63) is 0 Å². The molecule has 0 heterocycles. The van der Waals surface area contributed by atoms with E-state index in [2.05, 4.69) is 4.90 Å². The Morgan fingerprint density at radius 1 is 1.27 bits per heavy atom. The Labute approximate surface area is 70.6 Å². The fourth-order valence-electron chi connectivity index (χ4n) is 0.571. The lowest BCUT2D eigenvalue weighted by atomic mass is 10.6. The lowest BCUT2D eigenvalue weighted by molar-refractivity contribution is 0.234. The first-order chi connectivity index (χ1) is 5.16. The molecule has 0 fully saturated rings. The van der Waals surface area contributed by atoms with E-state index in [0.29, 0.717) is 0 Å². The summed E-state index contributed by atoms with van der Waals surface area (Å²) in [6, 6.07) is 0. The monoisotopic (exact) mass is 179 g/mol. The molecular weight excluding hydrogens is 161 g/mol. The Hall–Kier alpha value is 0.310. The summed E-state index contributed by atoms with van der Waals surface area (Å²) in [5.74, 6) is 0. The molecule has 0 aliphatic carbocycles. The molecule has 0 radical (unpaired) electrons. The van der Waals surface area contributed by atoms with Gasteiger partial charge in [-0.1, -0.05) is 0 Å². The number of likely N-dealkylation sites (N-methyl/N-ethyl adjacent to an activating group) is 1. The highest BCUT2D eigenvalue weighted by molar-refractivity contribution is 7.46. The first-order valence-electron chi connectivity index (χ1n) is 3.81. The summed E-state index contributed by atoms with van der Waals surface area (Å²) in [5, 5.41) is 0. The van der Waals surface area contributed by atoms with E-state index in [1.807, 2.05) is 27.7 Å². The fourth-order valence-corrected chi connectivity index (χ4v) is 1.35. The maximum Gasteiger partial charge on any atom is 0.167 e. The van der Waals surface area contributed by atoms with Gasteiger partial charge in [-0.25, -0.2) is 0 Å². The van der Waals surface area contributed by atoms with Gasteiger partial charge in [0, 0.05) is 13.2 Å². The van der Waals surface area contributed by atoms with Crippen LogP contribution >= 0.6 is 8.38 Å². The lowest BCUT2D eigenvalue weighted by Gasteiger charge is -2.13. The number of nitrogens with zero attached hydrogens (tertiary/aromatic N) is 1. The van der Waals surface area contributed by atoms with E-state index < -0.39 is 8.38 Å². The molecular formula is C7H18NO2P. The first-order valence-corrected chi connectivity index (χ1v) is 5.43. The maximum absolute atomic E-state index is 5.39. The minimum atomic E-state index is -0.638. The van der Waals surface area contributed by atoms with Crippen LogP contribution < -0.4 is 0 Å². The molecule has 0 saturated carbocycles. The van der Waals surface area contributed by atoms with Crippen molar-refractivity contribution in [1.82, 2.24) is 4.90 Å². The largest absolute Gasteiger partial charge is 0.335 e. The van der Waals surface area contributed by atoms with Gasteiger partial charge in [-0.2, -0.15) is 0 Å². The van der Waals surface area contributed by atoms with Crippen LogP contribution in [0.4, 0.5) is 0 Å². The molecule has 0 N–H and O–H groups in total. The molecule has 11 heavy (non-hydrogen) atoms. The SMILES string of the molecule is CCOP(C)OCCN(C)C. The molecule has 1 unspecified atom stereocenters.